The van der Waals surface area contributed by atoms with Crippen LogP contribution in [0.5, 0.6) is 5.75 Å². The number of ether oxygens (including phenoxy) is 1. The van der Waals surface area contributed by atoms with Crippen LogP contribution in [0.3, 0.4) is 0 Å². The summed E-state index contributed by atoms with van der Waals surface area (Å²) in [4.78, 5) is 26.1. The third kappa shape index (κ3) is 6.76. The minimum atomic E-state index is -2.87. The van der Waals surface area contributed by atoms with Crippen LogP contribution in [0.15, 0.2) is 24.3 Å². The normalized spacial score (nSPS) is 16.8. The van der Waals surface area contributed by atoms with Crippen molar-refractivity contribution in [2.75, 3.05) is 26.2 Å². The van der Waals surface area contributed by atoms with Gasteiger partial charge in [0.25, 0.3) is 0 Å². The van der Waals surface area contributed by atoms with Crippen LogP contribution >= 0.6 is 12.4 Å². The number of alkyl halides is 2. The van der Waals surface area contributed by atoms with Gasteiger partial charge >= 0.3 is 6.61 Å². The smallest absolute Gasteiger partial charge is 0.387 e. The Morgan fingerprint density at radius 2 is 2.00 bits per heavy atom. The number of rotatable bonds is 7. The molecule has 1 aromatic carbocycles. The summed E-state index contributed by atoms with van der Waals surface area (Å²) in [6.45, 7) is -1.06. The van der Waals surface area contributed by atoms with Crippen molar-refractivity contribution < 1.29 is 23.1 Å². The molecule has 9 heteroatoms. The number of likely N-dealkylation sites (tertiary alicyclic amines) is 1. The molecule has 1 aliphatic heterocycles. The summed E-state index contributed by atoms with van der Waals surface area (Å²) in [6.07, 6.45) is 1.68. The lowest BCUT2D eigenvalue weighted by molar-refractivity contribution is -0.135. The van der Waals surface area contributed by atoms with Gasteiger partial charge in [0.15, 0.2) is 0 Å². The van der Waals surface area contributed by atoms with Gasteiger partial charge in [0.05, 0.1) is 12.3 Å². The van der Waals surface area contributed by atoms with Crippen molar-refractivity contribution in [3.63, 3.8) is 0 Å². The molecule has 146 valence electrons. The lowest BCUT2D eigenvalue weighted by atomic mass is 9.96. The third-order valence-corrected chi connectivity index (χ3v) is 4.09. The zero-order valence-corrected chi connectivity index (χ0v) is 15.1. The Kier molecular flexibility index (Phi) is 9.29. The Morgan fingerprint density at radius 3 is 2.62 bits per heavy atom. The van der Waals surface area contributed by atoms with Crippen LogP contribution in [0.2, 0.25) is 0 Å². The molecule has 1 fully saturated rings. The van der Waals surface area contributed by atoms with Crippen molar-refractivity contribution >= 4 is 24.2 Å². The molecule has 3 N–H and O–H groups in total. The number of benzene rings is 1. The Balaban J connectivity index is 0.00000338. The van der Waals surface area contributed by atoms with Crippen molar-refractivity contribution in [2.24, 2.45) is 11.7 Å². The number of nitrogens with one attached hydrogen (secondary N) is 1. The van der Waals surface area contributed by atoms with E-state index in [0.717, 1.165) is 12.8 Å². The predicted octanol–water partition coefficient (Wildman–Crippen LogP) is 1.57. The van der Waals surface area contributed by atoms with Crippen LogP contribution in [0.4, 0.5) is 8.78 Å². The highest BCUT2D eigenvalue weighted by molar-refractivity contribution is 5.85. The summed E-state index contributed by atoms with van der Waals surface area (Å²) < 4.78 is 28.5. The first-order valence-corrected chi connectivity index (χ1v) is 8.29. The molecule has 0 bridgehead atoms. The summed E-state index contributed by atoms with van der Waals surface area (Å²) in [7, 11) is 0. The molecule has 2 amide bonds. The van der Waals surface area contributed by atoms with Crippen molar-refractivity contribution in [1.82, 2.24) is 10.2 Å². The second-order valence-corrected chi connectivity index (χ2v) is 5.96. The minimum Gasteiger partial charge on any atom is -0.435 e. The fraction of sp³-hybridized carbons (Fsp3) is 0.529. The van der Waals surface area contributed by atoms with E-state index in [2.05, 4.69) is 10.1 Å². The number of piperidine rings is 1. The second-order valence-electron chi connectivity index (χ2n) is 5.96. The van der Waals surface area contributed by atoms with E-state index < -0.39 is 6.61 Å². The summed E-state index contributed by atoms with van der Waals surface area (Å²) in [5.74, 6) is -0.317. The Hall–Kier alpha value is -1.93. The van der Waals surface area contributed by atoms with Crippen molar-refractivity contribution in [3.05, 3.63) is 29.8 Å². The van der Waals surface area contributed by atoms with Gasteiger partial charge in [0.2, 0.25) is 11.8 Å². The Labute approximate surface area is 157 Å². The summed E-state index contributed by atoms with van der Waals surface area (Å²) >= 11 is 0. The lowest BCUT2D eigenvalue weighted by Gasteiger charge is -2.32. The van der Waals surface area contributed by atoms with Crippen LogP contribution in [0.25, 0.3) is 0 Å². The predicted molar refractivity (Wildman–Crippen MR) is 95.4 cm³/mol. The molecule has 26 heavy (non-hydrogen) atoms. The number of amides is 2. The fourth-order valence-corrected chi connectivity index (χ4v) is 2.83. The van der Waals surface area contributed by atoms with Gasteiger partial charge < -0.3 is 20.7 Å². The zero-order chi connectivity index (χ0) is 18.2. The highest BCUT2D eigenvalue weighted by atomic mass is 35.5. The number of carbonyl (C=O) groups is 2. The van der Waals surface area contributed by atoms with Crippen molar-refractivity contribution in [2.45, 2.75) is 25.9 Å². The highest BCUT2D eigenvalue weighted by Gasteiger charge is 2.28. The van der Waals surface area contributed by atoms with Gasteiger partial charge in [-0.2, -0.15) is 8.78 Å². The van der Waals surface area contributed by atoms with Gasteiger partial charge in [-0.05, 0) is 30.5 Å². The molecule has 0 spiro atoms. The topological polar surface area (TPSA) is 84.7 Å². The first-order valence-electron chi connectivity index (χ1n) is 8.29. The number of hydrogen-bond donors (Lipinski definition) is 2. The monoisotopic (exact) mass is 391 g/mol. The summed E-state index contributed by atoms with van der Waals surface area (Å²) in [6, 6.07) is 6.00. The third-order valence-electron chi connectivity index (χ3n) is 4.09. The fourth-order valence-electron chi connectivity index (χ4n) is 2.83. The molecule has 1 atom stereocenters. The lowest BCUT2D eigenvalue weighted by Crippen LogP contribution is -2.46. The quantitative estimate of drug-likeness (QED) is 0.738. The van der Waals surface area contributed by atoms with Crippen molar-refractivity contribution in [3.8, 4) is 5.75 Å². The molecule has 1 aliphatic rings. The molecule has 0 aromatic heterocycles. The maximum atomic E-state index is 12.4. The molecule has 1 heterocycles. The molecular formula is C17H24ClF2N3O3. The molecule has 0 aliphatic carbocycles. The zero-order valence-electron chi connectivity index (χ0n) is 14.3. The highest BCUT2D eigenvalue weighted by Crippen LogP contribution is 2.19. The molecule has 1 aromatic rings. The van der Waals surface area contributed by atoms with Gasteiger partial charge in [0.1, 0.15) is 5.75 Å². The Morgan fingerprint density at radius 1 is 1.31 bits per heavy atom. The molecule has 1 saturated heterocycles. The van der Waals surface area contributed by atoms with E-state index in [0.29, 0.717) is 31.7 Å². The van der Waals surface area contributed by atoms with Gasteiger partial charge in [-0.3, -0.25) is 9.59 Å². The van der Waals surface area contributed by atoms with Crippen LogP contribution in [0.1, 0.15) is 18.4 Å². The molecule has 6 nitrogen and oxygen atoms in total. The molecule has 1 unspecified atom stereocenters. The average Bonchev–Trinajstić information content (AvgIpc) is 2.61. The molecule has 0 saturated carbocycles. The molecule has 2 rings (SSSR count). The molecule has 0 radical (unpaired) electrons. The summed E-state index contributed by atoms with van der Waals surface area (Å²) in [5, 5.41) is 2.76. The van der Waals surface area contributed by atoms with Crippen molar-refractivity contribution in [1.29, 1.82) is 0 Å². The first kappa shape index (κ1) is 22.1. The van der Waals surface area contributed by atoms with Crippen LogP contribution in [0, 0.1) is 5.92 Å². The molecular weight excluding hydrogens is 368 g/mol. The van der Waals surface area contributed by atoms with E-state index in [1.165, 1.54) is 12.1 Å². The number of hydrogen-bond acceptors (Lipinski definition) is 4. The first-order chi connectivity index (χ1) is 12.0. The SMILES string of the molecule is Cl.NCCNC(=O)C1CCCN(C(=O)Cc2ccc(OC(F)F)cc2)C1. The number of carbonyl (C=O) groups excluding carboxylic acids is 2. The second kappa shape index (κ2) is 10.9. The maximum Gasteiger partial charge on any atom is 0.387 e. The maximum absolute atomic E-state index is 12.4. The average molecular weight is 392 g/mol. The minimum absolute atomic E-state index is 0. The van der Waals surface area contributed by atoms with Gasteiger partial charge in [-0.1, -0.05) is 12.1 Å². The van der Waals surface area contributed by atoms with Crippen LogP contribution < -0.4 is 15.8 Å². The van der Waals surface area contributed by atoms with E-state index in [4.69, 9.17) is 5.73 Å². The van der Waals surface area contributed by atoms with E-state index in [1.54, 1.807) is 17.0 Å². The van der Waals surface area contributed by atoms with Gasteiger partial charge in [-0.25, -0.2) is 0 Å². The van der Waals surface area contributed by atoms with E-state index >= 15 is 0 Å². The van der Waals surface area contributed by atoms with E-state index in [9.17, 15) is 18.4 Å². The standard InChI is InChI=1S/C17H23F2N3O3.ClH/c18-17(19)25-14-5-3-12(4-6-14)10-15(23)22-9-1-2-13(11-22)16(24)21-8-7-20;/h3-6,13,17H,1-2,7-11,20H2,(H,21,24);1H. The largest absolute Gasteiger partial charge is 0.435 e. The van der Waals surface area contributed by atoms with Crippen LogP contribution in [-0.2, 0) is 16.0 Å². The Bertz CT molecular complexity index is 587. The van der Waals surface area contributed by atoms with E-state index in [-0.39, 0.29) is 42.3 Å². The van der Waals surface area contributed by atoms with Gasteiger partial charge in [-0.15, -0.1) is 12.4 Å². The summed E-state index contributed by atoms with van der Waals surface area (Å²) in [5.41, 5.74) is 6.08. The van der Waals surface area contributed by atoms with E-state index in [1.807, 2.05) is 0 Å². The number of halogens is 3. The number of nitrogens with two attached hydrogens (primary N) is 1. The van der Waals surface area contributed by atoms with Gasteiger partial charge in [0, 0.05) is 26.2 Å². The van der Waals surface area contributed by atoms with Crippen LogP contribution in [-0.4, -0.2) is 49.5 Å². The number of nitrogens with zero attached hydrogens (tertiary/aromatic N) is 1.